The molecule has 3 aromatic rings. The van der Waals surface area contributed by atoms with Gasteiger partial charge in [-0.2, -0.15) is 15.0 Å². The third kappa shape index (κ3) is 4.85. The molecule has 0 unspecified atom stereocenters. The van der Waals surface area contributed by atoms with Crippen LogP contribution < -0.4 is 4.74 Å². The van der Waals surface area contributed by atoms with E-state index in [0.29, 0.717) is 25.3 Å². The van der Waals surface area contributed by atoms with Crippen LogP contribution in [0.3, 0.4) is 0 Å². The van der Waals surface area contributed by atoms with Gasteiger partial charge in [0.15, 0.2) is 0 Å². The van der Waals surface area contributed by atoms with E-state index in [4.69, 9.17) is 10.00 Å². The number of nitriles is 1. The smallest absolute Gasteiger partial charge is 0.344 e. The molecular formula is C23H23N5O2. The van der Waals surface area contributed by atoms with Gasteiger partial charge in [-0.1, -0.05) is 42.5 Å². The zero-order chi connectivity index (χ0) is 20.8. The molecule has 7 nitrogen and oxygen atoms in total. The van der Waals surface area contributed by atoms with Crippen molar-refractivity contribution >= 4 is 6.03 Å². The summed E-state index contributed by atoms with van der Waals surface area (Å²) in [7, 11) is 0. The molecule has 1 aromatic heterocycles. The number of hydrogen-bond donors (Lipinski definition) is 0. The molecule has 7 heteroatoms. The standard InChI is InChI=1S/C23H23N5O2/c24-14-21-15-25-28(17-21)23(29)27-11-9-26(10-12-27)16-20-7-4-8-22(13-20)30-18-19-5-2-1-3-6-19/h1-8,13,15,17H,9-12,16,18H2. The normalized spacial score (nSPS) is 14.3. The minimum atomic E-state index is -0.188. The van der Waals surface area contributed by atoms with Crippen molar-refractivity contribution < 1.29 is 9.53 Å². The van der Waals surface area contributed by atoms with Crippen molar-refractivity contribution in [2.24, 2.45) is 0 Å². The summed E-state index contributed by atoms with van der Waals surface area (Å²) in [6.07, 6.45) is 2.87. The van der Waals surface area contributed by atoms with E-state index in [1.807, 2.05) is 36.4 Å². The van der Waals surface area contributed by atoms with Gasteiger partial charge in [-0.15, -0.1) is 0 Å². The van der Waals surface area contributed by atoms with Crippen molar-refractivity contribution in [1.82, 2.24) is 19.6 Å². The van der Waals surface area contributed by atoms with Gasteiger partial charge in [0.25, 0.3) is 0 Å². The molecule has 1 fully saturated rings. The van der Waals surface area contributed by atoms with Crippen LogP contribution in [0.4, 0.5) is 4.79 Å². The van der Waals surface area contributed by atoms with E-state index < -0.39 is 0 Å². The second kappa shape index (κ2) is 9.25. The number of amides is 1. The Bertz CT molecular complexity index is 1030. The van der Waals surface area contributed by atoms with E-state index in [1.165, 1.54) is 22.6 Å². The van der Waals surface area contributed by atoms with Crippen LogP contribution in [0.15, 0.2) is 67.0 Å². The van der Waals surface area contributed by atoms with Crippen molar-refractivity contribution in [3.8, 4) is 11.8 Å². The lowest BCUT2D eigenvalue weighted by Gasteiger charge is -2.34. The summed E-state index contributed by atoms with van der Waals surface area (Å²) in [5, 5.41) is 12.9. The van der Waals surface area contributed by atoms with Crippen LogP contribution in [-0.4, -0.2) is 51.8 Å². The predicted molar refractivity (Wildman–Crippen MR) is 112 cm³/mol. The monoisotopic (exact) mass is 401 g/mol. The van der Waals surface area contributed by atoms with Crippen LogP contribution in [0.1, 0.15) is 16.7 Å². The molecule has 4 rings (SSSR count). The Kier molecular flexibility index (Phi) is 6.06. The average molecular weight is 401 g/mol. The second-order valence-electron chi connectivity index (χ2n) is 7.25. The molecule has 152 valence electrons. The first kappa shape index (κ1) is 19.7. The first-order chi connectivity index (χ1) is 14.7. The minimum Gasteiger partial charge on any atom is -0.489 e. The molecule has 2 aromatic carbocycles. The fourth-order valence-corrected chi connectivity index (χ4v) is 3.46. The number of carbonyl (C=O) groups is 1. The molecule has 30 heavy (non-hydrogen) atoms. The van der Waals surface area contributed by atoms with Gasteiger partial charge in [0.1, 0.15) is 18.4 Å². The van der Waals surface area contributed by atoms with E-state index in [0.717, 1.165) is 30.9 Å². The molecule has 0 aliphatic carbocycles. The van der Waals surface area contributed by atoms with Crippen LogP contribution in [0.5, 0.6) is 5.75 Å². The summed E-state index contributed by atoms with van der Waals surface area (Å²) in [6, 6.07) is 20.1. The minimum absolute atomic E-state index is 0.188. The van der Waals surface area contributed by atoms with Gasteiger partial charge in [0, 0.05) is 32.7 Å². The Morgan fingerprint density at radius 2 is 1.80 bits per heavy atom. The number of piperazine rings is 1. The van der Waals surface area contributed by atoms with Crippen LogP contribution in [-0.2, 0) is 13.2 Å². The average Bonchev–Trinajstić information content (AvgIpc) is 3.28. The highest BCUT2D eigenvalue weighted by Gasteiger charge is 2.23. The Morgan fingerprint density at radius 1 is 1.03 bits per heavy atom. The maximum Gasteiger partial charge on any atom is 0.344 e. The molecule has 0 N–H and O–H groups in total. The van der Waals surface area contributed by atoms with Gasteiger partial charge in [0.05, 0.1) is 18.0 Å². The van der Waals surface area contributed by atoms with Crippen LogP contribution >= 0.6 is 0 Å². The molecule has 0 spiro atoms. The molecule has 1 saturated heterocycles. The van der Waals surface area contributed by atoms with Crippen molar-refractivity contribution in [3.63, 3.8) is 0 Å². The lowest BCUT2D eigenvalue weighted by molar-refractivity contribution is 0.134. The number of nitrogens with zero attached hydrogens (tertiary/aromatic N) is 5. The summed E-state index contributed by atoms with van der Waals surface area (Å²) in [6.45, 7) is 4.19. The Labute approximate surface area is 175 Å². The van der Waals surface area contributed by atoms with Crippen molar-refractivity contribution in [3.05, 3.63) is 83.7 Å². The van der Waals surface area contributed by atoms with Crippen LogP contribution in [0.2, 0.25) is 0 Å². The quantitative estimate of drug-likeness (QED) is 0.657. The van der Waals surface area contributed by atoms with Gasteiger partial charge in [-0.05, 0) is 23.3 Å². The fraction of sp³-hybridized carbons (Fsp3) is 0.261. The van der Waals surface area contributed by atoms with Crippen molar-refractivity contribution in [1.29, 1.82) is 5.26 Å². The van der Waals surface area contributed by atoms with Crippen LogP contribution in [0, 0.1) is 11.3 Å². The molecule has 1 aliphatic rings. The second-order valence-corrected chi connectivity index (χ2v) is 7.25. The van der Waals surface area contributed by atoms with E-state index in [2.05, 4.69) is 34.3 Å². The Balaban J connectivity index is 1.28. The Hall–Kier alpha value is -3.63. The molecule has 0 atom stereocenters. The fourth-order valence-electron chi connectivity index (χ4n) is 3.46. The number of hydrogen-bond acceptors (Lipinski definition) is 5. The molecule has 0 saturated carbocycles. The van der Waals surface area contributed by atoms with Crippen molar-refractivity contribution in [2.75, 3.05) is 26.2 Å². The van der Waals surface area contributed by atoms with Gasteiger partial charge in [-0.25, -0.2) is 4.79 Å². The number of rotatable bonds is 5. The highest BCUT2D eigenvalue weighted by atomic mass is 16.5. The maximum absolute atomic E-state index is 12.5. The molecule has 2 heterocycles. The van der Waals surface area contributed by atoms with Gasteiger partial charge < -0.3 is 9.64 Å². The topological polar surface area (TPSA) is 74.4 Å². The number of ether oxygens (including phenoxy) is 1. The zero-order valence-corrected chi connectivity index (χ0v) is 16.6. The lowest BCUT2D eigenvalue weighted by Crippen LogP contribution is -2.49. The van der Waals surface area contributed by atoms with E-state index >= 15 is 0 Å². The third-order valence-electron chi connectivity index (χ3n) is 5.10. The lowest BCUT2D eigenvalue weighted by atomic mass is 10.2. The number of benzene rings is 2. The first-order valence-electron chi connectivity index (χ1n) is 9.93. The third-order valence-corrected chi connectivity index (χ3v) is 5.10. The van der Waals surface area contributed by atoms with Crippen LogP contribution in [0.25, 0.3) is 0 Å². The summed E-state index contributed by atoms with van der Waals surface area (Å²) in [4.78, 5) is 16.6. The molecule has 0 radical (unpaired) electrons. The first-order valence-corrected chi connectivity index (χ1v) is 9.93. The summed E-state index contributed by atoms with van der Waals surface area (Å²) >= 11 is 0. The molecular weight excluding hydrogens is 378 g/mol. The predicted octanol–water partition coefficient (Wildman–Crippen LogP) is 3.12. The molecule has 0 bridgehead atoms. The summed E-state index contributed by atoms with van der Waals surface area (Å²) in [5.41, 5.74) is 2.71. The van der Waals surface area contributed by atoms with E-state index in [9.17, 15) is 4.79 Å². The maximum atomic E-state index is 12.5. The summed E-state index contributed by atoms with van der Waals surface area (Å²) in [5.74, 6) is 0.858. The van der Waals surface area contributed by atoms with Gasteiger partial charge in [0.2, 0.25) is 0 Å². The summed E-state index contributed by atoms with van der Waals surface area (Å²) < 4.78 is 7.16. The largest absolute Gasteiger partial charge is 0.489 e. The Morgan fingerprint density at radius 3 is 2.53 bits per heavy atom. The SMILES string of the molecule is N#Cc1cnn(C(=O)N2CCN(Cc3cccc(OCc4ccccc4)c3)CC2)c1. The molecule has 1 amide bonds. The molecule has 1 aliphatic heterocycles. The van der Waals surface area contributed by atoms with E-state index in [-0.39, 0.29) is 6.03 Å². The highest BCUT2D eigenvalue weighted by molar-refractivity contribution is 5.76. The van der Waals surface area contributed by atoms with E-state index in [1.54, 1.807) is 4.90 Å². The van der Waals surface area contributed by atoms with Gasteiger partial charge >= 0.3 is 6.03 Å². The number of carbonyl (C=O) groups excluding carboxylic acids is 1. The number of aromatic nitrogens is 2. The van der Waals surface area contributed by atoms with Crippen molar-refractivity contribution in [2.45, 2.75) is 13.2 Å². The highest BCUT2D eigenvalue weighted by Crippen LogP contribution is 2.17. The van der Waals surface area contributed by atoms with Gasteiger partial charge in [-0.3, -0.25) is 4.90 Å². The zero-order valence-electron chi connectivity index (χ0n) is 16.6.